The van der Waals surface area contributed by atoms with E-state index in [-0.39, 0.29) is 23.0 Å². The molecule has 0 bridgehead atoms. The fourth-order valence-electron chi connectivity index (χ4n) is 2.99. The second-order valence-electron chi connectivity index (χ2n) is 7.38. The van der Waals surface area contributed by atoms with Crippen LogP contribution < -0.4 is 20.3 Å². The summed E-state index contributed by atoms with van der Waals surface area (Å²) in [6.45, 7) is 3.87. The van der Waals surface area contributed by atoms with Gasteiger partial charge in [-0.25, -0.2) is 0 Å². The van der Waals surface area contributed by atoms with Crippen LogP contribution in [0.3, 0.4) is 0 Å². The Hall–Kier alpha value is -3.71. The van der Waals surface area contributed by atoms with Crippen LogP contribution in [0.1, 0.15) is 34.6 Å². The molecule has 0 heterocycles. The van der Waals surface area contributed by atoms with Crippen molar-refractivity contribution in [3.05, 3.63) is 90.0 Å². The van der Waals surface area contributed by atoms with Gasteiger partial charge in [-0.15, -0.1) is 0 Å². The van der Waals surface area contributed by atoms with Gasteiger partial charge in [0, 0.05) is 29.5 Å². The molecule has 0 saturated heterocycles. The van der Waals surface area contributed by atoms with Crippen LogP contribution in [0, 0.1) is 0 Å². The van der Waals surface area contributed by atoms with Gasteiger partial charge in [-0.3, -0.25) is 14.9 Å². The number of benzene rings is 3. The minimum atomic E-state index is -0.338. The predicted octanol–water partition coefficient (Wildman–Crippen LogP) is 4.88. The SMILES string of the molecule is CC(C)Oc1ccc(C(=O)NC(=S)Nc2cccc(C(=O)N(C)c3ccccc3)c2)cc1. The van der Waals surface area contributed by atoms with Crippen molar-refractivity contribution in [2.24, 2.45) is 0 Å². The maximum absolute atomic E-state index is 12.8. The van der Waals surface area contributed by atoms with E-state index in [0.717, 1.165) is 5.69 Å². The van der Waals surface area contributed by atoms with Crippen molar-refractivity contribution >= 4 is 40.5 Å². The van der Waals surface area contributed by atoms with Gasteiger partial charge in [-0.2, -0.15) is 0 Å². The zero-order valence-electron chi connectivity index (χ0n) is 18.2. The molecule has 2 amide bonds. The van der Waals surface area contributed by atoms with Crippen LogP contribution in [0.4, 0.5) is 11.4 Å². The van der Waals surface area contributed by atoms with Crippen LogP contribution in [-0.4, -0.2) is 30.1 Å². The number of nitrogens with zero attached hydrogens (tertiary/aromatic N) is 1. The largest absolute Gasteiger partial charge is 0.491 e. The molecule has 0 spiro atoms. The molecule has 0 atom stereocenters. The highest BCUT2D eigenvalue weighted by Crippen LogP contribution is 2.18. The summed E-state index contributed by atoms with van der Waals surface area (Å²) in [6, 6.07) is 23.2. The molecule has 2 N–H and O–H groups in total. The fourth-order valence-corrected chi connectivity index (χ4v) is 3.20. The number of hydrogen-bond acceptors (Lipinski definition) is 4. The van der Waals surface area contributed by atoms with Gasteiger partial charge >= 0.3 is 0 Å². The van der Waals surface area contributed by atoms with Crippen LogP contribution in [0.2, 0.25) is 0 Å². The first kappa shape index (κ1) is 23.0. The molecule has 0 unspecified atom stereocenters. The number of nitrogens with one attached hydrogen (secondary N) is 2. The highest BCUT2D eigenvalue weighted by Gasteiger charge is 2.14. The van der Waals surface area contributed by atoms with Crippen molar-refractivity contribution in [3.63, 3.8) is 0 Å². The molecule has 0 aliphatic rings. The minimum Gasteiger partial charge on any atom is -0.491 e. The molecule has 0 aromatic heterocycles. The van der Waals surface area contributed by atoms with Gasteiger partial charge in [0.05, 0.1) is 6.10 Å². The second kappa shape index (κ2) is 10.5. The molecule has 0 saturated carbocycles. The molecule has 0 aliphatic carbocycles. The Morgan fingerprint density at radius 3 is 2.25 bits per heavy atom. The van der Waals surface area contributed by atoms with Crippen LogP contribution in [0.25, 0.3) is 0 Å². The summed E-state index contributed by atoms with van der Waals surface area (Å²) >= 11 is 5.27. The molecular formula is C25H25N3O3S. The molecule has 3 rings (SSSR count). The van der Waals surface area contributed by atoms with Gasteiger partial charge in [0.1, 0.15) is 5.75 Å². The van der Waals surface area contributed by atoms with E-state index in [4.69, 9.17) is 17.0 Å². The highest BCUT2D eigenvalue weighted by atomic mass is 32.1. The molecule has 3 aromatic carbocycles. The molecular weight excluding hydrogens is 422 g/mol. The Morgan fingerprint density at radius 1 is 0.906 bits per heavy atom. The van der Waals surface area contributed by atoms with E-state index >= 15 is 0 Å². The van der Waals surface area contributed by atoms with Crippen molar-refractivity contribution in [1.29, 1.82) is 0 Å². The number of carbonyl (C=O) groups excluding carboxylic acids is 2. The smallest absolute Gasteiger partial charge is 0.258 e. The van der Waals surface area contributed by atoms with Crippen LogP contribution in [0.15, 0.2) is 78.9 Å². The summed E-state index contributed by atoms with van der Waals surface area (Å²) in [5, 5.41) is 5.74. The fraction of sp³-hybridized carbons (Fsp3) is 0.160. The number of thiocarbonyl (C=S) groups is 1. The Kier molecular flexibility index (Phi) is 7.57. The third-order valence-corrected chi connectivity index (χ3v) is 4.73. The zero-order chi connectivity index (χ0) is 23.1. The van der Waals surface area contributed by atoms with Crippen molar-refractivity contribution in [3.8, 4) is 5.75 Å². The number of hydrogen-bond donors (Lipinski definition) is 2. The zero-order valence-corrected chi connectivity index (χ0v) is 19.0. The topological polar surface area (TPSA) is 70.7 Å². The first-order valence-electron chi connectivity index (χ1n) is 10.2. The predicted molar refractivity (Wildman–Crippen MR) is 132 cm³/mol. The Labute approximate surface area is 193 Å². The van der Waals surface area contributed by atoms with E-state index in [1.807, 2.05) is 44.2 Å². The molecule has 6 nitrogen and oxygen atoms in total. The molecule has 32 heavy (non-hydrogen) atoms. The van der Waals surface area contributed by atoms with Crippen molar-refractivity contribution < 1.29 is 14.3 Å². The maximum atomic E-state index is 12.8. The molecule has 0 aliphatic heterocycles. The molecule has 0 radical (unpaired) electrons. The summed E-state index contributed by atoms with van der Waals surface area (Å²) in [7, 11) is 1.72. The number of amides is 2. The molecule has 7 heteroatoms. The van der Waals surface area contributed by atoms with Crippen molar-refractivity contribution in [2.75, 3.05) is 17.3 Å². The normalized spacial score (nSPS) is 10.4. The Balaban J connectivity index is 1.62. The standard InChI is InChI=1S/C25H25N3O3S/c1-17(2)31-22-14-12-18(13-15-22)23(29)27-25(32)26-20-9-7-8-19(16-20)24(30)28(3)21-10-5-4-6-11-21/h4-17H,1-3H3,(H2,26,27,29,32). The van der Waals surface area contributed by atoms with Gasteiger partial charge < -0.3 is 15.0 Å². The summed E-state index contributed by atoms with van der Waals surface area (Å²) < 4.78 is 5.58. The summed E-state index contributed by atoms with van der Waals surface area (Å²) in [5.41, 5.74) is 2.35. The average molecular weight is 448 g/mol. The number of rotatable bonds is 6. The van der Waals surface area contributed by atoms with Gasteiger partial charge in [0.25, 0.3) is 11.8 Å². The first-order chi connectivity index (χ1) is 15.3. The van der Waals surface area contributed by atoms with Crippen molar-refractivity contribution in [1.82, 2.24) is 5.32 Å². The molecule has 0 fully saturated rings. The van der Waals surface area contributed by atoms with Crippen LogP contribution >= 0.6 is 12.2 Å². The quantitative estimate of drug-likeness (QED) is 0.527. The lowest BCUT2D eigenvalue weighted by Crippen LogP contribution is -2.34. The van der Waals surface area contributed by atoms with Gasteiger partial charge in [-0.05, 0) is 80.7 Å². The van der Waals surface area contributed by atoms with Crippen LogP contribution in [0.5, 0.6) is 5.75 Å². The maximum Gasteiger partial charge on any atom is 0.258 e. The van der Waals surface area contributed by atoms with Crippen molar-refractivity contribution in [2.45, 2.75) is 20.0 Å². The summed E-state index contributed by atoms with van der Waals surface area (Å²) in [6.07, 6.45) is 0.0570. The lowest BCUT2D eigenvalue weighted by Gasteiger charge is -2.18. The number of para-hydroxylation sites is 1. The number of anilines is 2. The third kappa shape index (κ3) is 6.15. The first-order valence-corrected chi connectivity index (χ1v) is 10.6. The highest BCUT2D eigenvalue weighted by molar-refractivity contribution is 7.80. The van der Waals surface area contributed by atoms with Gasteiger partial charge in [-0.1, -0.05) is 24.3 Å². The monoisotopic (exact) mass is 447 g/mol. The van der Waals surface area contributed by atoms with E-state index in [1.165, 1.54) is 0 Å². The summed E-state index contributed by atoms with van der Waals surface area (Å²) in [5.74, 6) is 0.201. The lowest BCUT2D eigenvalue weighted by molar-refractivity contribution is 0.0974. The van der Waals surface area contributed by atoms with E-state index in [9.17, 15) is 9.59 Å². The van der Waals surface area contributed by atoms with E-state index in [2.05, 4.69) is 10.6 Å². The Morgan fingerprint density at radius 2 is 1.59 bits per heavy atom. The summed E-state index contributed by atoms with van der Waals surface area (Å²) in [4.78, 5) is 26.9. The van der Waals surface area contributed by atoms with E-state index < -0.39 is 0 Å². The molecule has 3 aromatic rings. The Bertz CT molecular complexity index is 1100. The minimum absolute atomic E-state index is 0.0570. The second-order valence-corrected chi connectivity index (χ2v) is 7.79. The van der Waals surface area contributed by atoms with Gasteiger partial charge in [0.15, 0.2) is 5.11 Å². The van der Waals surface area contributed by atoms with Gasteiger partial charge in [0.2, 0.25) is 0 Å². The van der Waals surface area contributed by atoms with E-state index in [0.29, 0.717) is 22.6 Å². The lowest BCUT2D eigenvalue weighted by atomic mass is 10.1. The molecule has 164 valence electrons. The van der Waals surface area contributed by atoms with Crippen LogP contribution in [-0.2, 0) is 0 Å². The average Bonchev–Trinajstić information content (AvgIpc) is 2.78. The number of carbonyl (C=O) groups is 2. The number of ether oxygens (including phenoxy) is 1. The van der Waals surface area contributed by atoms with E-state index in [1.54, 1.807) is 60.5 Å². The third-order valence-electron chi connectivity index (χ3n) is 4.53.